The fourth-order valence-electron chi connectivity index (χ4n) is 1.37. The van der Waals surface area contributed by atoms with Crippen LogP contribution < -0.4 is 16.6 Å². The van der Waals surface area contributed by atoms with E-state index in [0.29, 0.717) is 17.9 Å². The molecule has 88 valence electrons. The monoisotopic (exact) mass is 232 g/mol. The van der Waals surface area contributed by atoms with E-state index in [1.807, 2.05) is 17.6 Å². The Bertz CT molecular complexity index is 495. The molecule has 7 heteroatoms. The quantitative estimate of drug-likeness (QED) is 0.337. The number of pyridine rings is 1. The normalized spacial score (nSPS) is 9.94. The molecule has 17 heavy (non-hydrogen) atoms. The van der Waals surface area contributed by atoms with Crippen LogP contribution in [0.1, 0.15) is 16.1 Å². The van der Waals surface area contributed by atoms with Crippen LogP contribution in [0.5, 0.6) is 0 Å². The van der Waals surface area contributed by atoms with Gasteiger partial charge in [-0.05, 0) is 11.6 Å². The van der Waals surface area contributed by atoms with Crippen LogP contribution >= 0.6 is 0 Å². The van der Waals surface area contributed by atoms with Gasteiger partial charge in [0.25, 0.3) is 5.91 Å². The van der Waals surface area contributed by atoms with Gasteiger partial charge in [0.1, 0.15) is 5.69 Å². The molecule has 0 saturated carbocycles. The molecule has 0 aromatic carbocycles. The Balaban J connectivity index is 2.05. The second-order valence-electron chi connectivity index (χ2n) is 3.35. The summed E-state index contributed by atoms with van der Waals surface area (Å²) in [5.41, 5.74) is 3.95. The van der Waals surface area contributed by atoms with Crippen molar-refractivity contribution in [3.05, 3.63) is 42.0 Å². The maximum Gasteiger partial charge on any atom is 0.285 e. The highest BCUT2D eigenvalue weighted by Gasteiger charge is 2.11. The minimum Gasteiger partial charge on any atom is -0.378 e. The van der Waals surface area contributed by atoms with Crippen LogP contribution in [0.25, 0.3) is 0 Å². The Hall–Kier alpha value is -2.41. The zero-order chi connectivity index (χ0) is 12.1. The first-order valence-electron chi connectivity index (χ1n) is 4.98. The highest BCUT2D eigenvalue weighted by molar-refractivity contribution is 5.97. The number of anilines is 1. The van der Waals surface area contributed by atoms with E-state index in [0.717, 1.165) is 5.56 Å². The molecule has 5 N–H and O–H groups in total. The Morgan fingerprint density at radius 1 is 1.47 bits per heavy atom. The van der Waals surface area contributed by atoms with Crippen LogP contribution in [0, 0.1) is 0 Å². The average Bonchev–Trinajstić information content (AvgIpc) is 2.85. The molecular formula is C10H12N6O. The molecule has 0 bridgehead atoms. The highest BCUT2D eigenvalue weighted by Crippen LogP contribution is 2.12. The summed E-state index contributed by atoms with van der Waals surface area (Å²) in [5.74, 6) is 4.63. The number of hydrogen-bond acceptors (Lipinski definition) is 5. The fourth-order valence-corrected chi connectivity index (χ4v) is 1.37. The summed E-state index contributed by atoms with van der Waals surface area (Å²) >= 11 is 0. The third-order valence-corrected chi connectivity index (χ3v) is 2.20. The van der Waals surface area contributed by atoms with Crippen molar-refractivity contribution in [3.8, 4) is 0 Å². The van der Waals surface area contributed by atoms with E-state index < -0.39 is 5.91 Å². The molecule has 2 heterocycles. The van der Waals surface area contributed by atoms with Gasteiger partial charge in [-0.15, -0.1) is 0 Å². The highest BCUT2D eigenvalue weighted by atomic mass is 16.2. The predicted octanol–water partition coefficient (Wildman–Crippen LogP) is 0.0203. The maximum absolute atomic E-state index is 11.3. The fraction of sp³-hybridized carbons (Fsp3) is 0.100. The van der Waals surface area contributed by atoms with Gasteiger partial charge in [-0.25, -0.2) is 5.84 Å². The number of nitrogen functional groups attached to an aromatic ring is 1. The Kier molecular flexibility index (Phi) is 3.31. The molecule has 2 aromatic rings. The summed E-state index contributed by atoms with van der Waals surface area (Å²) in [5, 5.41) is 9.43. The van der Waals surface area contributed by atoms with Gasteiger partial charge in [-0.1, -0.05) is 6.07 Å². The summed E-state index contributed by atoms with van der Waals surface area (Å²) in [6.45, 7) is 0.554. The lowest BCUT2D eigenvalue weighted by Crippen LogP contribution is -2.30. The standard InChI is InChI=1S/C10H12N6O/c11-15-10(17)9-8(6-14-16-9)13-5-7-2-1-3-12-4-7/h1-4,6,13H,5,11H2,(H,14,16)(H,15,17). The number of hydrogen-bond donors (Lipinski definition) is 4. The van der Waals surface area contributed by atoms with Gasteiger partial charge in [-0.3, -0.25) is 20.3 Å². The van der Waals surface area contributed by atoms with E-state index >= 15 is 0 Å². The largest absolute Gasteiger partial charge is 0.378 e. The van der Waals surface area contributed by atoms with Gasteiger partial charge >= 0.3 is 0 Å². The van der Waals surface area contributed by atoms with Crippen molar-refractivity contribution < 1.29 is 4.79 Å². The topological polar surface area (TPSA) is 109 Å². The number of nitrogens with zero attached hydrogens (tertiary/aromatic N) is 2. The van der Waals surface area contributed by atoms with Crippen LogP contribution in [0.4, 0.5) is 5.69 Å². The van der Waals surface area contributed by atoms with Crippen molar-refractivity contribution in [3.63, 3.8) is 0 Å². The number of H-pyrrole nitrogens is 1. The zero-order valence-electron chi connectivity index (χ0n) is 8.97. The van der Waals surface area contributed by atoms with E-state index in [1.165, 1.54) is 6.20 Å². The number of rotatable bonds is 4. The summed E-state index contributed by atoms with van der Waals surface area (Å²) in [4.78, 5) is 15.3. The molecule has 0 aliphatic carbocycles. The first-order valence-corrected chi connectivity index (χ1v) is 4.98. The van der Waals surface area contributed by atoms with Crippen molar-refractivity contribution in [1.82, 2.24) is 20.6 Å². The smallest absolute Gasteiger partial charge is 0.285 e. The number of nitrogens with two attached hydrogens (primary N) is 1. The van der Waals surface area contributed by atoms with Crippen LogP contribution in [-0.4, -0.2) is 21.1 Å². The Morgan fingerprint density at radius 3 is 3.06 bits per heavy atom. The summed E-state index contributed by atoms with van der Waals surface area (Å²) in [6.07, 6.45) is 4.98. The van der Waals surface area contributed by atoms with Crippen LogP contribution in [0.15, 0.2) is 30.7 Å². The van der Waals surface area contributed by atoms with Crippen molar-refractivity contribution in [2.45, 2.75) is 6.54 Å². The van der Waals surface area contributed by atoms with Crippen LogP contribution in [0.2, 0.25) is 0 Å². The van der Waals surface area contributed by atoms with Gasteiger partial charge in [0.05, 0.1) is 11.9 Å². The van der Waals surface area contributed by atoms with Gasteiger partial charge in [0.2, 0.25) is 0 Å². The molecule has 0 spiro atoms. The molecule has 0 unspecified atom stereocenters. The van der Waals surface area contributed by atoms with Crippen LogP contribution in [0.3, 0.4) is 0 Å². The molecule has 1 amide bonds. The molecule has 7 nitrogen and oxygen atoms in total. The first kappa shape index (κ1) is 11.1. The number of aromatic nitrogens is 3. The Labute approximate surface area is 97.4 Å². The van der Waals surface area contributed by atoms with Crippen molar-refractivity contribution in [1.29, 1.82) is 0 Å². The van der Waals surface area contributed by atoms with Crippen molar-refractivity contribution >= 4 is 11.6 Å². The zero-order valence-corrected chi connectivity index (χ0v) is 8.97. The lowest BCUT2D eigenvalue weighted by Gasteiger charge is -2.05. The van der Waals surface area contributed by atoms with E-state index in [2.05, 4.69) is 20.5 Å². The lowest BCUT2D eigenvalue weighted by atomic mass is 10.2. The minimum absolute atomic E-state index is 0.302. The molecule has 0 saturated heterocycles. The van der Waals surface area contributed by atoms with E-state index in [-0.39, 0.29) is 0 Å². The van der Waals surface area contributed by atoms with E-state index in [4.69, 9.17) is 5.84 Å². The van der Waals surface area contributed by atoms with Crippen LogP contribution in [-0.2, 0) is 6.54 Å². The molecule has 2 rings (SSSR count). The average molecular weight is 232 g/mol. The molecule has 2 aromatic heterocycles. The van der Waals surface area contributed by atoms with Crippen molar-refractivity contribution in [2.24, 2.45) is 5.84 Å². The first-order chi connectivity index (χ1) is 8.31. The van der Waals surface area contributed by atoms with Gasteiger partial charge in [0, 0.05) is 18.9 Å². The number of nitrogens with one attached hydrogen (secondary N) is 3. The number of aromatic amines is 1. The molecule has 0 aliphatic rings. The molecule has 0 fully saturated rings. The van der Waals surface area contributed by atoms with E-state index in [9.17, 15) is 4.79 Å². The second-order valence-corrected chi connectivity index (χ2v) is 3.35. The lowest BCUT2D eigenvalue weighted by molar-refractivity contribution is 0.0949. The number of carbonyl (C=O) groups excluding carboxylic acids is 1. The van der Waals surface area contributed by atoms with Gasteiger partial charge in [0.15, 0.2) is 0 Å². The second kappa shape index (κ2) is 5.08. The summed E-state index contributed by atoms with van der Waals surface area (Å²) in [6, 6.07) is 3.78. The molecule has 0 atom stereocenters. The SMILES string of the molecule is NNC(=O)c1[nH]ncc1NCc1cccnc1. The molecule has 0 radical (unpaired) electrons. The maximum atomic E-state index is 11.3. The number of amides is 1. The van der Waals surface area contributed by atoms with Gasteiger partial charge < -0.3 is 5.32 Å². The summed E-state index contributed by atoms with van der Waals surface area (Å²) < 4.78 is 0. The van der Waals surface area contributed by atoms with E-state index in [1.54, 1.807) is 12.4 Å². The predicted molar refractivity (Wildman–Crippen MR) is 61.8 cm³/mol. The van der Waals surface area contributed by atoms with Gasteiger partial charge in [-0.2, -0.15) is 5.10 Å². The Morgan fingerprint density at radius 2 is 2.35 bits per heavy atom. The van der Waals surface area contributed by atoms with Crippen molar-refractivity contribution in [2.75, 3.05) is 5.32 Å². The molecular weight excluding hydrogens is 220 g/mol. The summed E-state index contributed by atoms with van der Waals surface area (Å²) in [7, 11) is 0. The number of carbonyl (C=O) groups is 1. The molecule has 0 aliphatic heterocycles. The third-order valence-electron chi connectivity index (χ3n) is 2.20. The minimum atomic E-state index is -0.420. The number of hydrazine groups is 1. The third kappa shape index (κ3) is 2.58.